The topological polar surface area (TPSA) is 52.6 Å². The van der Waals surface area contributed by atoms with Crippen molar-refractivity contribution in [1.29, 1.82) is 0 Å². The normalized spacial score (nSPS) is 11.5. The molecule has 3 aromatic rings. The van der Waals surface area contributed by atoms with E-state index in [-0.39, 0.29) is 5.78 Å². The van der Waals surface area contributed by atoms with Gasteiger partial charge in [-0.15, -0.1) is 0 Å². The minimum Gasteiger partial charge on any atom is -0.497 e. The van der Waals surface area contributed by atoms with E-state index in [2.05, 4.69) is 0 Å². The molecule has 3 rings (SSSR count). The lowest BCUT2D eigenvalue weighted by atomic mass is 9.99. The van der Waals surface area contributed by atoms with Crippen molar-refractivity contribution in [3.05, 3.63) is 101 Å². The molecule has 4 nitrogen and oxygen atoms in total. The summed E-state index contributed by atoms with van der Waals surface area (Å²) in [7, 11) is 1.55. The molecule has 0 amide bonds. The fourth-order valence-electron chi connectivity index (χ4n) is 2.67. The predicted molar refractivity (Wildman–Crippen MR) is 103 cm³/mol. The number of methoxy groups -OCH3 is 1. The van der Waals surface area contributed by atoms with Crippen LogP contribution >= 0.6 is 0 Å². The van der Waals surface area contributed by atoms with Crippen LogP contribution in [0.2, 0.25) is 0 Å². The average Bonchev–Trinajstić information content (AvgIpc) is 2.72. The first-order chi connectivity index (χ1) is 13.1. The third kappa shape index (κ3) is 4.42. The van der Waals surface area contributed by atoms with Crippen molar-refractivity contribution in [3.63, 3.8) is 0 Å². The highest BCUT2D eigenvalue weighted by Crippen LogP contribution is 2.25. The van der Waals surface area contributed by atoms with Gasteiger partial charge in [0, 0.05) is 11.1 Å². The summed E-state index contributed by atoms with van der Waals surface area (Å²) in [5, 5.41) is 0. The van der Waals surface area contributed by atoms with Crippen LogP contribution < -0.4 is 4.74 Å². The van der Waals surface area contributed by atoms with Crippen LogP contribution in [-0.4, -0.2) is 18.9 Å². The number of ether oxygens (including phenoxy) is 2. The molecule has 0 radical (unpaired) electrons. The minimum absolute atomic E-state index is 0.261. The van der Waals surface area contributed by atoms with Gasteiger partial charge in [-0.1, -0.05) is 60.2 Å². The Morgan fingerprint density at radius 3 is 1.96 bits per heavy atom. The van der Waals surface area contributed by atoms with Gasteiger partial charge >= 0.3 is 5.97 Å². The van der Waals surface area contributed by atoms with Crippen molar-refractivity contribution in [1.82, 2.24) is 0 Å². The molecule has 0 spiro atoms. The van der Waals surface area contributed by atoms with Gasteiger partial charge in [-0.3, -0.25) is 4.79 Å². The second-order valence-electron chi connectivity index (χ2n) is 6.15. The maximum atomic E-state index is 13.0. The maximum Gasteiger partial charge on any atom is 0.339 e. The van der Waals surface area contributed by atoms with Gasteiger partial charge in [0.25, 0.3) is 0 Å². The van der Waals surface area contributed by atoms with E-state index in [9.17, 15) is 9.59 Å². The maximum absolute atomic E-state index is 13.0. The van der Waals surface area contributed by atoms with Crippen LogP contribution in [0.15, 0.2) is 78.9 Å². The van der Waals surface area contributed by atoms with Gasteiger partial charge in [-0.2, -0.15) is 0 Å². The highest BCUT2D eigenvalue weighted by Gasteiger charge is 2.26. The van der Waals surface area contributed by atoms with Crippen LogP contribution in [0.4, 0.5) is 0 Å². The molecule has 136 valence electrons. The van der Waals surface area contributed by atoms with Gasteiger partial charge in [-0.05, 0) is 31.2 Å². The van der Waals surface area contributed by atoms with Crippen molar-refractivity contribution >= 4 is 11.8 Å². The molecular weight excluding hydrogens is 340 g/mol. The SMILES string of the molecule is COc1ccc(C(=O)O[C@@H](C(=O)c2ccc(C)cc2)c2ccccc2)cc1. The number of aryl methyl sites for hydroxylation is 1. The summed E-state index contributed by atoms with van der Waals surface area (Å²) in [6, 6.07) is 22.8. The quantitative estimate of drug-likeness (QED) is 0.469. The molecule has 0 N–H and O–H groups in total. The van der Waals surface area contributed by atoms with Gasteiger partial charge in [0.15, 0.2) is 6.10 Å². The molecule has 0 aliphatic carbocycles. The summed E-state index contributed by atoms with van der Waals surface area (Å²) >= 11 is 0. The summed E-state index contributed by atoms with van der Waals surface area (Å²) in [6.45, 7) is 1.95. The van der Waals surface area contributed by atoms with E-state index in [1.54, 1.807) is 55.6 Å². The number of Topliss-reactive ketones (excluding diaryl/α,β-unsaturated/α-hetero) is 1. The highest BCUT2D eigenvalue weighted by atomic mass is 16.5. The number of carbonyl (C=O) groups excluding carboxylic acids is 2. The zero-order valence-electron chi connectivity index (χ0n) is 15.2. The van der Waals surface area contributed by atoms with Crippen LogP contribution in [0.1, 0.15) is 37.9 Å². The van der Waals surface area contributed by atoms with Crippen molar-refractivity contribution in [2.45, 2.75) is 13.0 Å². The zero-order valence-corrected chi connectivity index (χ0v) is 15.2. The number of hydrogen-bond acceptors (Lipinski definition) is 4. The van der Waals surface area contributed by atoms with Crippen LogP contribution in [0, 0.1) is 6.92 Å². The molecule has 0 aliphatic rings. The van der Waals surface area contributed by atoms with Gasteiger partial charge in [0.1, 0.15) is 5.75 Å². The third-order valence-corrected chi connectivity index (χ3v) is 4.23. The first kappa shape index (κ1) is 18.4. The van der Waals surface area contributed by atoms with Crippen molar-refractivity contribution in [2.75, 3.05) is 7.11 Å². The smallest absolute Gasteiger partial charge is 0.339 e. The number of rotatable bonds is 6. The fourth-order valence-corrected chi connectivity index (χ4v) is 2.67. The molecule has 0 unspecified atom stereocenters. The van der Waals surface area contributed by atoms with Crippen LogP contribution in [0.5, 0.6) is 5.75 Å². The molecule has 3 aromatic carbocycles. The average molecular weight is 360 g/mol. The second-order valence-corrected chi connectivity index (χ2v) is 6.15. The summed E-state index contributed by atoms with van der Waals surface area (Å²) < 4.78 is 10.7. The standard InChI is InChI=1S/C23H20O4/c1-16-8-10-17(11-9-16)21(24)22(18-6-4-3-5-7-18)27-23(25)19-12-14-20(26-2)15-13-19/h3-15,22H,1-2H3/t22-/m1/s1. The van der Waals surface area contributed by atoms with E-state index in [1.165, 1.54) is 0 Å². The molecular formula is C23H20O4. The Hall–Kier alpha value is -3.40. The lowest BCUT2D eigenvalue weighted by Gasteiger charge is -2.18. The van der Waals surface area contributed by atoms with Gasteiger partial charge < -0.3 is 9.47 Å². The molecule has 0 fully saturated rings. The van der Waals surface area contributed by atoms with E-state index >= 15 is 0 Å². The number of carbonyl (C=O) groups is 2. The molecule has 4 heteroatoms. The number of ketones is 1. The van der Waals surface area contributed by atoms with E-state index in [0.717, 1.165) is 5.56 Å². The lowest BCUT2D eigenvalue weighted by Crippen LogP contribution is -2.20. The van der Waals surface area contributed by atoms with Crippen molar-refractivity contribution < 1.29 is 19.1 Å². The summed E-state index contributed by atoms with van der Waals surface area (Å²) in [6.07, 6.45) is -1.01. The van der Waals surface area contributed by atoms with Gasteiger partial charge in [-0.25, -0.2) is 4.79 Å². The molecule has 1 atom stereocenters. The van der Waals surface area contributed by atoms with Gasteiger partial charge in [0.2, 0.25) is 5.78 Å². The van der Waals surface area contributed by atoms with Crippen LogP contribution in [0.25, 0.3) is 0 Å². The summed E-state index contributed by atoms with van der Waals surface area (Å²) in [5.41, 5.74) is 2.54. The summed E-state index contributed by atoms with van der Waals surface area (Å²) in [4.78, 5) is 25.6. The Morgan fingerprint density at radius 2 is 1.37 bits per heavy atom. The Kier molecular flexibility index (Phi) is 5.67. The second kappa shape index (κ2) is 8.32. The first-order valence-electron chi connectivity index (χ1n) is 8.59. The number of esters is 1. The molecule has 0 saturated heterocycles. The highest BCUT2D eigenvalue weighted by molar-refractivity contribution is 6.02. The minimum atomic E-state index is -1.01. The molecule has 0 bridgehead atoms. The Morgan fingerprint density at radius 1 is 0.778 bits per heavy atom. The number of hydrogen-bond donors (Lipinski definition) is 0. The van der Waals surface area contributed by atoms with Crippen molar-refractivity contribution in [2.24, 2.45) is 0 Å². The van der Waals surface area contributed by atoms with E-state index in [1.807, 2.05) is 37.3 Å². The van der Waals surface area contributed by atoms with E-state index in [4.69, 9.17) is 9.47 Å². The van der Waals surface area contributed by atoms with E-state index < -0.39 is 12.1 Å². The molecule has 27 heavy (non-hydrogen) atoms. The molecule has 0 heterocycles. The Bertz CT molecular complexity index is 913. The molecule has 0 aromatic heterocycles. The van der Waals surface area contributed by atoms with Crippen LogP contribution in [0.3, 0.4) is 0 Å². The largest absolute Gasteiger partial charge is 0.497 e. The third-order valence-electron chi connectivity index (χ3n) is 4.23. The van der Waals surface area contributed by atoms with Gasteiger partial charge in [0.05, 0.1) is 12.7 Å². The monoisotopic (exact) mass is 360 g/mol. The van der Waals surface area contributed by atoms with E-state index in [0.29, 0.717) is 22.4 Å². The lowest BCUT2D eigenvalue weighted by molar-refractivity contribution is 0.0280. The Balaban J connectivity index is 1.89. The van der Waals surface area contributed by atoms with Crippen molar-refractivity contribution in [3.8, 4) is 5.75 Å². The first-order valence-corrected chi connectivity index (χ1v) is 8.59. The molecule has 0 saturated carbocycles. The number of benzene rings is 3. The summed E-state index contributed by atoms with van der Waals surface area (Å²) in [5.74, 6) is -0.183. The molecule has 0 aliphatic heterocycles. The Labute approximate surface area is 158 Å². The predicted octanol–water partition coefficient (Wildman–Crippen LogP) is 4.78. The fraction of sp³-hybridized carbons (Fsp3) is 0.130. The zero-order chi connectivity index (χ0) is 19.2. The van der Waals surface area contributed by atoms with Crippen LogP contribution in [-0.2, 0) is 4.74 Å².